The molecule has 0 fully saturated rings. The van der Waals surface area contributed by atoms with Crippen molar-refractivity contribution in [3.63, 3.8) is 0 Å². The van der Waals surface area contributed by atoms with E-state index >= 15 is 0 Å². The molecule has 0 saturated carbocycles. The van der Waals surface area contributed by atoms with Crippen LogP contribution in [0.15, 0.2) is 53.1 Å². The van der Waals surface area contributed by atoms with E-state index in [0.29, 0.717) is 39.5 Å². The second-order valence-electron chi connectivity index (χ2n) is 6.16. The zero-order valence-electron chi connectivity index (χ0n) is 15.4. The third-order valence-electron chi connectivity index (χ3n) is 4.05. The molecule has 3 aromatic rings. The first-order valence-corrected chi connectivity index (χ1v) is 9.48. The van der Waals surface area contributed by atoms with E-state index < -0.39 is 6.10 Å². The average molecular weight is 420 g/mol. The van der Waals surface area contributed by atoms with E-state index in [0.717, 1.165) is 0 Å². The van der Waals surface area contributed by atoms with Crippen LogP contribution in [0.3, 0.4) is 0 Å². The van der Waals surface area contributed by atoms with Crippen LogP contribution in [0, 0.1) is 0 Å². The maximum atomic E-state index is 12.8. The summed E-state index contributed by atoms with van der Waals surface area (Å²) in [6.45, 7) is 2.04. The van der Waals surface area contributed by atoms with Gasteiger partial charge in [-0.15, -0.1) is 0 Å². The lowest BCUT2D eigenvalue weighted by Crippen LogP contribution is -2.39. The molecule has 1 unspecified atom stereocenters. The summed E-state index contributed by atoms with van der Waals surface area (Å²) >= 11 is 12.1. The fourth-order valence-electron chi connectivity index (χ4n) is 2.61. The van der Waals surface area contributed by atoms with Gasteiger partial charge in [-0.2, -0.15) is 4.98 Å². The number of benzene rings is 2. The standard InChI is InChI=1S/C20H19Cl2N3O3/c1-3-17(27-14-8-6-7-13(21)11-14)20(26)25(2)12-18-23-19(24-28-18)15-9-4-5-10-16(15)22/h4-11,17H,3,12H2,1-2H3. The summed E-state index contributed by atoms with van der Waals surface area (Å²) in [6, 6.07) is 14.2. The Morgan fingerprint density at radius 2 is 2.00 bits per heavy atom. The van der Waals surface area contributed by atoms with Gasteiger partial charge in [0.2, 0.25) is 11.7 Å². The van der Waals surface area contributed by atoms with Gasteiger partial charge in [0.25, 0.3) is 5.91 Å². The van der Waals surface area contributed by atoms with E-state index in [9.17, 15) is 4.79 Å². The van der Waals surface area contributed by atoms with Crippen molar-refractivity contribution in [3.05, 3.63) is 64.5 Å². The minimum absolute atomic E-state index is 0.158. The fraction of sp³-hybridized carbons (Fsp3) is 0.250. The molecule has 3 rings (SSSR count). The molecule has 0 aliphatic rings. The van der Waals surface area contributed by atoms with Gasteiger partial charge < -0.3 is 14.2 Å². The average Bonchev–Trinajstić information content (AvgIpc) is 3.14. The van der Waals surface area contributed by atoms with E-state index in [4.69, 9.17) is 32.5 Å². The van der Waals surface area contributed by atoms with E-state index in [1.807, 2.05) is 19.1 Å². The number of halogens is 2. The summed E-state index contributed by atoms with van der Waals surface area (Å²) in [7, 11) is 1.66. The lowest BCUT2D eigenvalue weighted by molar-refractivity contribution is -0.138. The van der Waals surface area contributed by atoms with Crippen LogP contribution in [-0.4, -0.2) is 34.1 Å². The maximum Gasteiger partial charge on any atom is 0.263 e. The molecule has 1 atom stereocenters. The summed E-state index contributed by atoms with van der Waals surface area (Å²) in [5.41, 5.74) is 0.670. The Hall–Kier alpha value is -2.57. The minimum Gasteiger partial charge on any atom is -0.481 e. The van der Waals surface area contributed by atoms with Crippen molar-refractivity contribution in [3.8, 4) is 17.1 Å². The molecule has 0 radical (unpaired) electrons. The number of aromatic nitrogens is 2. The number of carbonyl (C=O) groups is 1. The quantitative estimate of drug-likeness (QED) is 0.546. The lowest BCUT2D eigenvalue weighted by atomic mass is 10.2. The number of rotatable bonds is 7. The topological polar surface area (TPSA) is 68.5 Å². The third-order valence-corrected chi connectivity index (χ3v) is 4.62. The summed E-state index contributed by atoms with van der Waals surface area (Å²) < 4.78 is 11.1. The molecule has 0 aliphatic carbocycles. The Kier molecular flexibility index (Phi) is 6.54. The predicted octanol–water partition coefficient (Wildman–Crippen LogP) is 4.86. The Labute approximate surface area is 173 Å². The minimum atomic E-state index is -0.644. The van der Waals surface area contributed by atoms with Gasteiger partial charge in [-0.25, -0.2) is 0 Å². The normalized spacial score (nSPS) is 11.9. The first-order valence-electron chi connectivity index (χ1n) is 8.72. The van der Waals surface area contributed by atoms with Crippen molar-refractivity contribution in [1.82, 2.24) is 15.0 Å². The van der Waals surface area contributed by atoms with Crippen LogP contribution in [0.4, 0.5) is 0 Å². The molecule has 0 N–H and O–H groups in total. The molecule has 1 aromatic heterocycles. The summed E-state index contributed by atoms with van der Waals surface area (Å²) in [5.74, 6) is 1.03. The van der Waals surface area contributed by atoms with Gasteiger partial charge >= 0.3 is 0 Å². The van der Waals surface area contributed by atoms with E-state index in [1.165, 1.54) is 4.90 Å². The number of carbonyl (C=O) groups excluding carboxylic acids is 1. The first kappa shape index (κ1) is 20.2. The smallest absolute Gasteiger partial charge is 0.263 e. The number of nitrogens with zero attached hydrogens (tertiary/aromatic N) is 3. The van der Waals surface area contributed by atoms with Crippen molar-refractivity contribution >= 4 is 29.1 Å². The van der Waals surface area contributed by atoms with Crippen LogP contribution in [0.2, 0.25) is 10.0 Å². The Morgan fingerprint density at radius 3 is 2.71 bits per heavy atom. The van der Waals surface area contributed by atoms with Crippen molar-refractivity contribution in [2.45, 2.75) is 26.0 Å². The maximum absolute atomic E-state index is 12.8. The monoisotopic (exact) mass is 419 g/mol. The first-order chi connectivity index (χ1) is 13.5. The highest BCUT2D eigenvalue weighted by Gasteiger charge is 2.24. The second-order valence-corrected chi connectivity index (χ2v) is 7.00. The summed E-state index contributed by atoms with van der Waals surface area (Å²) in [4.78, 5) is 18.6. The number of amides is 1. The molecular weight excluding hydrogens is 401 g/mol. The van der Waals surface area contributed by atoms with Crippen molar-refractivity contribution in [2.24, 2.45) is 0 Å². The number of hydrogen-bond donors (Lipinski definition) is 0. The molecule has 0 saturated heterocycles. The SMILES string of the molecule is CCC(Oc1cccc(Cl)c1)C(=O)N(C)Cc1nc(-c2ccccc2Cl)no1. The van der Waals surface area contributed by atoms with Gasteiger partial charge in [0.05, 0.1) is 11.6 Å². The third kappa shape index (κ3) is 4.82. The molecule has 8 heteroatoms. The summed E-state index contributed by atoms with van der Waals surface area (Å²) in [6.07, 6.45) is -0.140. The Balaban J connectivity index is 1.67. The molecule has 1 heterocycles. The van der Waals surface area contributed by atoms with E-state index in [1.54, 1.807) is 43.4 Å². The van der Waals surface area contributed by atoms with Crippen LogP contribution >= 0.6 is 23.2 Å². The highest BCUT2D eigenvalue weighted by atomic mass is 35.5. The largest absolute Gasteiger partial charge is 0.481 e. The number of likely N-dealkylation sites (N-methyl/N-ethyl adjacent to an activating group) is 1. The number of hydrogen-bond acceptors (Lipinski definition) is 5. The van der Waals surface area contributed by atoms with Gasteiger partial charge in [-0.1, -0.05) is 53.5 Å². The second kappa shape index (κ2) is 9.08. The molecular formula is C20H19Cl2N3O3. The van der Waals surface area contributed by atoms with Crippen LogP contribution in [0.25, 0.3) is 11.4 Å². The lowest BCUT2D eigenvalue weighted by Gasteiger charge is -2.22. The zero-order chi connectivity index (χ0) is 20.1. The van der Waals surface area contributed by atoms with E-state index in [-0.39, 0.29) is 12.5 Å². The number of ether oxygens (including phenoxy) is 1. The predicted molar refractivity (Wildman–Crippen MR) is 107 cm³/mol. The van der Waals surface area contributed by atoms with Crippen LogP contribution in [0.1, 0.15) is 19.2 Å². The summed E-state index contributed by atoms with van der Waals surface area (Å²) in [5, 5.41) is 5.02. The zero-order valence-corrected chi connectivity index (χ0v) is 16.9. The van der Waals surface area contributed by atoms with Gasteiger partial charge in [0.1, 0.15) is 5.75 Å². The molecule has 6 nitrogen and oxygen atoms in total. The molecule has 0 bridgehead atoms. The highest BCUT2D eigenvalue weighted by molar-refractivity contribution is 6.33. The molecule has 0 spiro atoms. The van der Waals surface area contributed by atoms with Crippen LogP contribution < -0.4 is 4.74 Å². The van der Waals surface area contributed by atoms with Crippen molar-refractivity contribution < 1.29 is 14.1 Å². The molecule has 2 aromatic carbocycles. The van der Waals surface area contributed by atoms with Crippen molar-refractivity contribution in [2.75, 3.05) is 7.05 Å². The van der Waals surface area contributed by atoms with Gasteiger partial charge in [0.15, 0.2) is 6.10 Å². The fourth-order valence-corrected chi connectivity index (χ4v) is 3.01. The molecule has 0 aliphatic heterocycles. The van der Waals surface area contributed by atoms with Crippen LogP contribution in [0.5, 0.6) is 5.75 Å². The highest BCUT2D eigenvalue weighted by Crippen LogP contribution is 2.25. The van der Waals surface area contributed by atoms with Gasteiger partial charge in [-0.05, 0) is 36.8 Å². The molecule has 1 amide bonds. The van der Waals surface area contributed by atoms with Crippen LogP contribution in [-0.2, 0) is 11.3 Å². The Bertz CT molecular complexity index is 961. The molecule has 28 heavy (non-hydrogen) atoms. The molecule has 146 valence electrons. The van der Waals surface area contributed by atoms with Crippen molar-refractivity contribution in [1.29, 1.82) is 0 Å². The van der Waals surface area contributed by atoms with E-state index in [2.05, 4.69) is 10.1 Å². The van der Waals surface area contributed by atoms with Gasteiger partial charge in [-0.3, -0.25) is 4.79 Å². The van der Waals surface area contributed by atoms with Gasteiger partial charge in [0, 0.05) is 17.6 Å². The Morgan fingerprint density at radius 1 is 1.21 bits per heavy atom.